The minimum absolute atomic E-state index is 0.170. The third-order valence-corrected chi connectivity index (χ3v) is 3.33. The zero-order valence-electron chi connectivity index (χ0n) is 9.68. The molecule has 0 saturated carbocycles. The fraction of sp³-hybridized carbons (Fsp3) is 0.231. The summed E-state index contributed by atoms with van der Waals surface area (Å²) < 4.78 is 27.5. The molecule has 92 valence electrons. The highest BCUT2D eigenvalue weighted by Gasteiger charge is 2.30. The monoisotopic (exact) mass is 248 g/mol. The van der Waals surface area contributed by atoms with Crippen molar-refractivity contribution in [2.24, 2.45) is 0 Å². The van der Waals surface area contributed by atoms with E-state index in [4.69, 9.17) is 0 Å². The predicted molar refractivity (Wildman–Crippen MR) is 60.6 cm³/mol. The number of nitrogens with one attached hydrogen (secondary N) is 1. The maximum Gasteiger partial charge on any atom is 0.197 e. The number of aromatic amines is 1. The molecule has 0 spiro atoms. The lowest BCUT2D eigenvalue weighted by atomic mass is 9.85. The minimum atomic E-state index is -0.673. The van der Waals surface area contributed by atoms with Gasteiger partial charge in [-0.25, -0.2) is 8.78 Å². The van der Waals surface area contributed by atoms with Crippen LogP contribution in [0.1, 0.15) is 39.7 Å². The molecule has 0 bridgehead atoms. The Hall–Kier alpha value is -2.04. The van der Waals surface area contributed by atoms with Crippen LogP contribution in [-0.2, 0) is 12.8 Å². The molecule has 3 nitrogen and oxygen atoms in total. The molecule has 5 heteroatoms. The summed E-state index contributed by atoms with van der Waals surface area (Å²) in [5.41, 5.74) is 1.70. The summed E-state index contributed by atoms with van der Waals surface area (Å²) in [5.74, 6) is -1.68. The average molecular weight is 248 g/mol. The maximum atomic E-state index is 13.8. The van der Waals surface area contributed by atoms with Gasteiger partial charge in [-0.2, -0.15) is 5.10 Å². The lowest BCUT2D eigenvalue weighted by molar-refractivity contribution is 0.103. The highest BCUT2D eigenvalue weighted by molar-refractivity contribution is 6.12. The van der Waals surface area contributed by atoms with Crippen molar-refractivity contribution in [3.8, 4) is 0 Å². The van der Waals surface area contributed by atoms with Gasteiger partial charge in [-0.1, -0.05) is 6.92 Å². The summed E-state index contributed by atoms with van der Waals surface area (Å²) in [4.78, 5) is 12.3. The molecule has 1 aliphatic rings. The highest BCUT2D eigenvalue weighted by Crippen LogP contribution is 2.31. The Morgan fingerprint density at radius 3 is 2.89 bits per heavy atom. The van der Waals surface area contributed by atoms with Crippen LogP contribution in [0.3, 0.4) is 0 Å². The van der Waals surface area contributed by atoms with Gasteiger partial charge >= 0.3 is 0 Å². The van der Waals surface area contributed by atoms with E-state index in [1.807, 2.05) is 0 Å². The van der Waals surface area contributed by atoms with E-state index in [1.54, 1.807) is 6.92 Å². The van der Waals surface area contributed by atoms with Gasteiger partial charge in [-0.05, 0) is 12.0 Å². The molecule has 0 saturated heterocycles. The van der Waals surface area contributed by atoms with E-state index in [9.17, 15) is 13.6 Å². The summed E-state index contributed by atoms with van der Waals surface area (Å²) >= 11 is 0. The van der Waals surface area contributed by atoms with E-state index >= 15 is 0 Å². The molecule has 1 aliphatic carbocycles. The molecule has 3 rings (SSSR count). The van der Waals surface area contributed by atoms with Crippen molar-refractivity contribution in [1.29, 1.82) is 0 Å². The van der Waals surface area contributed by atoms with Crippen molar-refractivity contribution >= 4 is 5.78 Å². The van der Waals surface area contributed by atoms with Crippen molar-refractivity contribution in [2.75, 3.05) is 0 Å². The number of halogens is 2. The molecule has 1 aromatic heterocycles. The van der Waals surface area contributed by atoms with Gasteiger partial charge in [0.1, 0.15) is 11.6 Å². The molecule has 0 aliphatic heterocycles. The zero-order chi connectivity index (χ0) is 12.9. The van der Waals surface area contributed by atoms with Crippen molar-refractivity contribution in [1.82, 2.24) is 10.2 Å². The van der Waals surface area contributed by atoms with Crippen LogP contribution in [0.4, 0.5) is 8.78 Å². The predicted octanol–water partition coefficient (Wildman–Crippen LogP) is 2.39. The van der Waals surface area contributed by atoms with Gasteiger partial charge in [0, 0.05) is 23.6 Å². The summed E-state index contributed by atoms with van der Waals surface area (Å²) in [7, 11) is 0. The van der Waals surface area contributed by atoms with Gasteiger partial charge in [0.25, 0.3) is 0 Å². The Morgan fingerprint density at radius 2 is 2.17 bits per heavy atom. The smallest absolute Gasteiger partial charge is 0.197 e. The second kappa shape index (κ2) is 3.73. The SMILES string of the molecule is CCc1c(F)cc(F)c2c1C(=O)c1cn[nH]c1C2. The summed E-state index contributed by atoms with van der Waals surface area (Å²) in [5, 5.41) is 6.46. The van der Waals surface area contributed by atoms with Crippen LogP contribution in [0.5, 0.6) is 0 Å². The Balaban J connectivity index is 2.32. The van der Waals surface area contributed by atoms with Crippen molar-refractivity contribution in [3.05, 3.63) is 51.8 Å². The lowest BCUT2D eigenvalue weighted by Gasteiger charge is -2.19. The number of carbonyl (C=O) groups is 1. The largest absolute Gasteiger partial charge is 0.288 e. The highest BCUT2D eigenvalue weighted by atomic mass is 19.1. The van der Waals surface area contributed by atoms with Crippen LogP contribution in [0.15, 0.2) is 12.3 Å². The molecule has 1 aromatic carbocycles. The number of hydrogen-bond donors (Lipinski definition) is 1. The normalized spacial score (nSPS) is 13.4. The Kier molecular flexibility index (Phi) is 2.29. The molecule has 0 fully saturated rings. The Labute approximate surface area is 102 Å². The lowest BCUT2D eigenvalue weighted by Crippen LogP contribution is -2.19. The first kappa shape index (κ1) is 11.1. The van der Waals surface area contributed by atoms with E-state index < -0.39 is 11.6 Å². The van der Waals surface area contributed by atoms with Gasteiger partial charge in [-0.3, -0.25) is 9.89 Å². The van der Waals surface area contributed by atoms with E-state index in [0.29, 0.717) is 17.7 Å². The number of hydrogen-bond acceptors (Lipinski definition) is 2. The molecule has 0 unspecified atom stereocenters. The summed E-state index contributed by atoms with van der Waals surface area (Å²) in [6.07, 6.45) is 2.01. The van der Waals surface area contributed by atoms with Crippen LogP contribution in [-0.4, -0.2) is 16.0 Å². The first-order valence-corrected chi connectivity index (χ1v) is 5.70. The van der Waals surface area contributed by atoms with Crippen LogP contribution in [0, 0.1) is 11.6 Å². The number of H-pyrrole nitrogens is 1. The van der Waals surface area contributed by atoms with Crippen molar-refractivity contribution in [2.45, 2.75) is 19.8 Å². The second-order valence-electron chi connectivity index (χ2n) is 4.29. The van der Waals surface area contributed by atoms with Crippen LogP contribution in [0.2, 0.25) is 0 Å². The summed E-state index contributed by atoms with van der Waals surface area (Å²) in [6.45, 7) is 1.74. The van der Waals surface area contributed by atoms with Gasteiger partial charge in [0.15, 0.2) is 5.78 Å². The number of rotatable bonds is 1. The van der Waals surface area contributed by atoms with E-state index in [-0.39, 0.29) is 28.9 Å². The first-order chi connectivity index (χ1) is 8.63. The van der Waals surface area contributed by atoms with E-state index in [1.165, 1.54) is 6.20 Å². The molecule has 2 aromatic rings. The minimum Gasteiger partial charge on any atom is -0.288 e. The average Bonchev–Trinajstić information content (AvgIpc) is 2.79. The molecule has 1 N–H and O–H groups in total. The fourth-order valence-electron chi connectivity index (χ4n) is 2.45. The van der Waals surface area contributed by atoms with Crippen LogP contribution >= 0.6 is 0 Å². The standard InChI is InChI=1S/C13H10F2N2O/c1-2-6-9(14)4-10(15)7-3-11-8(5-16-17-11)13(18)12(6)7/h4-5H,2-3H2,1H3,(H,16,17). The topological polar surface area (TPSA) is 45.8 Å². The quantitative estimate of drug-likeness (QED) is 0.718. The van der Waals surface area contributed by atoms with Crippen molar-refractivity contribution < 1.29 is 13.6 Å². The zero-order valence-corrected chi connectivity index (χ0v) is 9.68. The number of ketones is 1. The number of fused-ring (bicyclic) bond motifs is 2. The third-order valence-electron chi connectivity index (χ3n) is 3.33. The van der Waals surface area contributed by atoms with Gasteiger partial charge in [0.2, 0.25) is 0 Å². The molecule has 0 radical (unpaired) electrons. The molecular weight excluding hydrogens is 238 g/mol. The van der Waals surface area contributed by atoms with Crippen LogP contribution in [0.25, 0.3) is 0 Å². The second-order valence-corrected chi connectivity index (χ2v) is 4.29. The Morgan fingerprint density at radius 1 is 1.39 bits per heavy atom. The number of benzene rings is 1. The molecule has 0 atom stereocenters. The Bertz CT molecular complexity index is 661. The van der Waals surface area contributed by atoms with Crippen molar-refractivity contribution in [3.63, 3.8) is 0 Å². The van der Waals surface area contributed by atoms with Crippen LogP contribution < -0.4 is 0 Å². The van der Waals surface area contributed by atoms with E-state index in [2.05, 4.69) is 10.2 Å². The van der Waals surface area contributed by atoms with Gasteiger partial charge in [0.05, 0.1) is 17.5 Å². The molecule has 1 heterocycles. The molecule has 18 heavy (non-hydrogen) atoms. The number of carbonyl (C=O) groups excluding carboxylic acids is 1. The molecule has 0 amide bonds. The van der Waals surface area contributed by atoms with E-state index in [0.717, 1.165) is 6.07 Å². The first-order valence-electron chi connectivity index (χ1n) is 5.70. The maximum absolute atomic E-state index is 13.8. The van der Waals surface area contributed by atoms with Gasteiger partial charge < -0.3 is 0 Å². The number of nitrogens with zero attached hydrogens (tertiary/aromatic N) is 1. The molecular formula is C13H10F2N2O. The third kappa shape index (κ3) is 1.33. The van der Waals surface area contributed by atoms with Gasteiger partial charge in [-0.15, -0.1) is 0 Å². The fourth-order valence-corrected chi connectivity index (χ4v) is 2.45. The number of aromatic nitrogens is 2. The summed E-state index contributed by atoms with van der Waals surface area (Å²) in [6, 6.07) is 0.853.